The number of carbonyl (C=O) groups is 2. The van der Waals surface area contributed by atoms with Gasteiger partial charge in [-0.05, 0) is 48.0 Å². The van der Waals surface area contributed by atoms with Gasteiger partial charge in [0.1, 0.15) is 11.5 Å². The Kier molecular flexibility index (Phi) is 8.26. The Labute approximate surface area is 162 Å². The molecule has 24 heavy (non-hydrogen) atoms. The van der Waals surface area contributed by atoms with Crippen molar-refractivity contribution in [3.05, 3.63) is 65.7 Å². The average molecular weight is 335 g/mol. The van der Waals surface area contributed by atoms with Crippen LogP contribution in [0.3, 0.4) is 0 Å². The molecule has 0 aliphatic rings. The zero-order valence-corrected chi connectivity index (χ0v) is 15.6. The summed E-state index contributed by atoms with van der Waals surface area (Å²) < 4.78 is 10.1. The molecule has 6 heteroatoms. The predicted molar refractivity (Wildman–Crippen MR) is 85.9 cm³/mol. The van der Waals surface area contributed by atoms with E-state index in [1.54, 1.807) is 37.5 Å². The number of hydrogen-bond donors (Lipinski definition) is 1. The average Bonchev–Trinajstić information content (AvgIpc) is 2.58. The van der Waals surface area contributed by atoms with E-state index < -0.39 is 12.6 Å². The summed E-state index contributed by atoms with van der Waals surface area (Å²) in [5, 5.41) is 8.53. The molecule has 5 nitrogen and oxygen atoms in total. The number of ether oxygens (including phenoxy) is 2. The van der Waals surface area contributed by atoms with Crippen molar-refractivity contribution in [3.63, 3.8) is 0 Å². The van der Waals surface area contributed by atoms with Gasteiger partial charge in [-0.1, -0.05) is 18.2 Å². The maximum absolute atomic E-state index is 12.1. The van der Waals surface area contributed by atoms with Gasteiger partial charge >= 0.3 is 35.5 Å². The van der Waals surface area contributed by atoms with E-state index in [1.807, 2.05) is 24.3 Å². The number of aliphatic carboxylic acids is 1. The minimum Gasteiger partial charge on any atom is -0.497 e. The van der Waals surface area contributed by atoms with Gasteiger partial charge in [0, 0.05) is 5.56 Å². The number of allylic oxidation sites excluding steroid dienone is 1. The van der Waals surface area contributed by atoms with Gasteiger partial charge in [0.05, 0.1) is 7.11 Å². The molecule has 0 saturated heterocycles. The Morgan fingerprint density at radius 3 is 2.12 bits per heavy atom. The normalized spacial score (nSPS) is 10.0. The monoisotopic (exact) mass is 335 g/mol. The van der Waals surface area contributed by atoms with Crippen LogP contribution in [0.4, 0.5) is 0 Å². The first-order chi connectivity index (χ1) is 11.1. The largest absolute Gasteiger partial charge is 1.00 e. The number of ketones is 1. The van der Waals surface area contributed by atoms with E-state index in [-0.39, 0.29) is 35.3 Å². The molecule has 0 saturated carbocycles. The fourth-order valence-electron chi connectivity index (χ4n) is 1.84. The first kappa shape index (κ1) is 20.0. The van der Waals surface area contributed by atoms with Crippen LogP contribution in [0.25, 0.3) is 6.08 Å². The van der Waals surface area contributed by atoms with Crippen molar-refractivity contribution in [2.24, 2.45) is 0 Å². The number of carboxylic acids is 1. The van der Waals surface area contributed by atoms with Crippen LogP contribution >= 0.6 is 0 Å². The standard InChI is InChI=1S/C18H16O5.Na/c1-22-15-7-2-13(3-8-15)4-11-17(19)14-5-9-16(10-6-14)23-12-18(20)21;/h2-11H,12H2,1H3,(H,20,21);/q;+1/b11-4+;. The Balaban J connectivity index is 0.00000288. The summed E-state index contributed by atoms with van der Waals surface area (Å²) in [6.07, 6.45) is 3.20. The SMILES string of the molecule is COc1ccc(/C=C/C(=O)c2ccc(OCC(=O)O)cc2)cc1.[Na+]. The summed E-state index contributed by atoms with van der Waals surface area (Å²) in [4.78, 5) is 22.5. The maximum Gasteiger partial charge on any atom is 1.00 e. The van der Waals surface area contributed by atoms with Crippen LogP contribution in [0.15, 0.2) is 54.6 Å². The fourth-order valence-corrected chi connectivity index (χ4v) is 1.84. The molecule has 2 aromatic rings. The van der Waals surface area contributed by atoms with Crippen LogP contribution in [0.2, 0.25) is 0 Å². The molecular weight excluding hydrogens is 319 g/mol. The van der Waals surface area contributed by atoms with Gasteiger partial charge in [0.25, 0.3) is 0 Å². The second-order valence-corrected chi connectivity index (χ2v) is 4.68. The molecule has 0 heterocycles. The number of benzene rings is 2. The maximum atomic E-state index is 12.1. The minimum atomic E-state index is -1.05. The van der Waals surface area contributed by atoms with Crippen LogP contribution in [0, 0.1) is 0 Å². The zero-order valence-electron chi connectivity index (χ0n) is 13.6. The van der Waals surface area contributed by atoms with Crippen molar-refractivity contribution in [2.45, 2.75) is 0 Å². The molecule has 0 aliphatic carbocycles. The number of carbonyl (C=O) groups excluding carboxylic acids is 1. The van der Waals surface area contributed by atoms with E-state index >= 15 is 0 Å². The van der Waals surface area contributed by atoms with Crippen molar-refractivity contribution >= 4 is 17.8 Å². The minimum absolute atomic E-state index is 0. The van der Waals surface area contributed by atoms with Crippen molar-refractivity contribution in [1.82, 2.24) is 0 Å². The van der Waals surface area contributed by atoms with Crippen LogP contribution in [-0.4, -0.2) is 30.6 Å². The molecule has 2 rings (SSSR count). The Morgan fingerprint density at radius 2 is 1.58 bits per heavy atom. The molecule has 0 aliphatic heterocycles. The van der Waals surface area contributed by atoms with Gasteiger partial charge in [-0.2, -0.15) is 0 Å². The van der Waals surface area contributed by atoms with E-state index in [9.17, 15) is 9.59 Å². The smallest absolute Gasteiger partial charge is 0.497 e. The van der Waals surface area contributed by atoms with E-state index in [0.29, 0.717) is 11.3 Å². The third-order valence-electron chi connectivity index (χ3n) is 3.04. The van der Waals surface area contributed by atoms with Gasteiger partial charge < -0.3 is 14.6 Å². The van der Waals surface area contributed by atoms with E-state index in [1.165, 1.54) is 6.08 Å². The van der Waals surface area contributed by atoms with Crippen LogP contribution in [0.5, 0.6) is 11.5 Å². The van der Waals surface area contributed by atoms with Gasteiger partial charge in [0.2, 0.25) is 0 Å². The number of rotatable bonds is 7. The second kappa shape index (κ2) is 9.93. The third-order valence-corrected chi connectivity index (χ3v) is 3.04. The first-order valence-electron chi connectivity index (χ1n) is 6.89. The summed E-state index contributed by atoms with van der Waals surface area (Å²) in [7, 11) is 1.60. The zero-order chi connectivity index (χ0) is 16.7. The quantitative estimate of drug-likeness (QED) is 0.440. The molecule has 1 N–H and O–H groups in total. The van der Waals surface area contributed by atoms with Crippen molar-refractivity contribution in [3.8, 4) is 11.5 Å². The first-order valence-corrected chi connectivity index (χ1v) is 6.89. The van der Waals surface area contributed by atoms with Crippen molar-refractivity contribution < 1.29 is 53.7 Å². The molecule has 0 radical (unpaired) electrons. The molecule has 2 aromatic carbocycles. The molecule has 0 fully saturated rings. The molecular formula is C18H16NaO5+. The second-order valence-electron chi connectivity index (χ2n) is 4.68. The van der Waals surface area contributed by atoms with E-state index in [2.05, 4.69) is 0 Å². The molecule has 0 bridgehead atoms. The molecule has 0 spiro atoms. The summed E-state index contributed by atoms with van der Waals surface area (Å²) in [6, 6.07) is 13.7. The van der Waals surface area contributed by atoms with Crippen LogP contribution in [0.1, 0.15) is 15.9 Å². The summed E-state index contributed by atoms with van der Waals surface area (Å²) in [6.45, 7) is -0.412. The predicted octanol–water partition coefficient (Wildman–Crippen LogP) is 0.0587. The van der Waals surface area contributed by atoms with Gasteiger partial charge in [0.15, 0.2) is 12.4 Å². The molecule has 0 aromatic heterocycles. The van der Waals surface area contributed by atoms with Crippen LogP contribution < -0.4 is 39.0 Å². The van der Waals surface area contributed by atoms with Gasteiger partial charge in [-0.25, -0.2) is 4.79 Å². The van der Waals surface area contributed by atoms with Crippen LogP contribution in [-0.2, 0) is 4.79 Å². The topological polar surface area (TPSA) is 72.8 Å². The summed E-state index contributed by atoms with van der Waals surface area (Å²) in [5.74, 6) is -0.0355. The molecule has 0 atom stereocenters. The van der Waals surface area contributed by atoms with Crippen molar-refractivity contribution in [2.75, 3.05) is 13.7 Å². The fraction of sp³-hybridized carbons (Fsp3) is 0.111. The van der Waals surface area contributed by atoms with E-state index in [0.717, 1.165) is 11.3 Å². The molecule has 0 amide bonds. The Morgan fingerprint density at radius 1 is 1.00 bits per heavy atom. The number of carboxylic acid groups (broad SMARTS) is 1. The molecule has 0 unspecified atom stereocenters. The third kappa shape index (κ3) is 6.20. The van der Waals surface area contributed by atoms with Gasteiger partial charge in [-0.15, -0.1) is 0 Å². The Bertz CT molecular complexity index is 705. The summed E-state index contributed by atoms with van der Waals surface area (Å²) in [5.41, 5.74) is 1.39. The van der Waals surface area contributed by atoms with E-state index in [4.69, 9.17) is 14.6 Å². The number of hydrogen-bond acceptors (Lipinski definition) is 4. The van der Waals surface area contributed by atoms with Gasteiger partial charge in [-0.3, -0.25) is 4.79 Å². The number of methoxy groups -OCH3 is 1. The van der Waals surface area contributed by atoms with Crippen molar-refractivity contribution in [1.29, 1.82) is 0 Å². The summed E-state index contributed by atoms with van der Waals surface area (Å²) >= 11 is 0. The Hall–Kier alpha value is -2.08. The molecule has 118 valence electrons.